The van der Waals surface area contributed by atoms with Gasteiger partial charge in [0, 0.05) is 18.2 Å². The van der Waals surface area contributed by atoms with Crippen molar-refractivity contribution in [2.45, 2.75) is 63.3 Å². The number of nitrogens with zero attached hydrogens (tertiary/aromatic N) is 1. The fourth-order valence-electron chi connectivity index (χ4n) is 3.58. The van der Waals surface area contributed by atoms with Crippen LogP contribution in [0.3, 0.4) is 0 Å². The molecule has 0 saturated heterocycles. The molecule has 10 nitrogen and oxygen atoms in total. The van der Waals surface area contributed by atoms with Gasteiger partial charge in [-0.25, -0.2) is 4.79 Å². The van der Waals surface area contributed by atoms with Crippen LogP contribution in [0.4, 0.5) is 5.69 Å². The molecule has 1 aromatic rings. The number of aliphatic hydroxyl groups is 2. The summed E-state index contributed by atoms with van der Waals surface area (Å²) in [7, 11) is 0. The summed E-state index contributed by atoms with van der Waals surface area (Å²) in [5.41, 5.74) is 6.21. The number of non-ortho nitro benzene ring substituents is 1. The van der Waals surface area contributed by atoms with Crippen molar-refractivity contribution in [3.63, 3.8) is 0 Å². The van der Waals surface area contributed by atoms with E-state index in [4.69, 9.17) is 10.5 Å². The van der Waals surface area contributed by atoms with Crippen molar-refractivity contribution in [3.05, 3.63) is 39.9 Å². The Kier molecular flexibility index (Phi) is 9.15. The number of hydrogen-bond donors (Lipinski definition) is 4. The first kappa shape index (κ1) is 23.7. The zero-order valence-corrected chi connectivity index (χ0v) is 16.7. The van der Waals surface area contributed by atoms with Gasteiger partial charge in [0.15, 0.2) is 6.04 Å². The molecule has 1 aromatic carbocycles. The van der Waals surface area contributed by atoms with Crippen molar-refractivity contribution in [1.82, 2.24) is 5.32 Å². The number of nitrogens with two attached hydrogens (primary N) is 1. The molecule has 1 aliphatic rings. The molecule has 0 radical (unpaired) electrons. The van der Waals surface area contributed by atoms with Crippen molar-refractivity contribution in [2.75, 3.05) is 6.61 Å². The van der Waals surface area contributed by atoms with Crippen LogP contribution < -0.4 is 11.1 Å². The lowest BCUT2D eigenvalue weighted by Gasteiger charge is -2.27. The quantitative estimate of drug-likeness (QED) is 0.243. The number of esters is 1. The lowest BCUT2D eigenvalue weighted by atomic mass is 9.84. The minimum Gasteiger partial charge on any atom is -0.459 e. The Hall–Kier alpha value is -2.56. The number of nitrogens with one attached hydrogen (secondary N) is 1. The minimum absolute atomic E-state index is 0.148. The molecule has 10 heteroatoms. The molecule has 1 saturated carbocycles. The molecule has 3 atom stereocenters. The average Bonchev–Trinajstić information content (AvgIpc) is 2.75. The molecule has 1 unspecified atom stereocenters. The summed E-state index contributed by atoms with van der Waals surface area (Å²) in [5, 5.41) is 32.7. The fraction of sp³-hybridized carbons (Fsp3) is 0.600. The molecular formula is C20H29N3O7. The van der Waals surface area contributed by atoms with Crippen LogP contribution in [0.1, 0.15) is 44.1 Å². The van der Waals surface area contributed by atoms with Crippen LogP contribution in [0.15, 0.2) is 24.3 Å². The SMILES string of the molecule is N[C@H](CC1CCCCC1)[C@H](O)C(=O)NC(CO)C(=O)OCc1cccc([N+](=O)[O-])c1. The first-order chi connectivity index (χ1) is 14.3. The van der Waals surface area contributed by atoms with Crippen LogP contribution in [0.25, 0.3) is 0 Å². The second kappa shape index (κ2) is 11.6. The van der Waals surface area contributed by atoms with Gasteiger partial charge < -0.3 is 26.0 Å². The predicted molar refractivity (Wildman–Crippen MR) is 107 cm³/mol. The van der Waals surface area contributed by atoms with Crippen molar-refractivity contribution in [2.24, 2.45) is 11.7 Å². The van der Waals surface area contributed by atoms with Crippen LogP contribution in [-0.4, -0.2) is 51.8 Å². The monoisotopic (exact) mass is 423 g/mol. The first-order valence-corrected chi connectivity index (χ1v) is 10.1. The molecule has 0 heterocycles. The highest BCUT2D eigenvalue weighted by atomic mass is 16.6. The zero-order chi connectivity index (χ0) is 22.1. The van der Waals surface area contributed by atoms with E-state index >= 15 is 0 Å². The van der Waals surface area contributed by atoms with Gasteiger partial charge in [-0.2, -0.15) is 0 Å². The van der Waals surface area contributed by atoms with Gasteiger partial charge in [-0.05, 0) is 17.9 Å². The molecule has 2 rings (SSSR count). The summed E-state index contributed by atoms with van der Waals surface area (Å²) >= 11 is 0. The van der Waals surface area contributed by atoms with Gasteiger partial charge in [-0.15, -0.1) is 0 Å². The number of rotatable bonds is 10. The molecule has 0 bridgehead atoms. The third-order valence-corrected chi connectivity index (χ3v) is 5.29. The number of hydrogen-bond acceptors (Lipinski definition) is 8. The minimum atomic E-state index is -1.51. The second-order valence-electron chi connectivity index (χ2n) is 7.63. The normalized spacial score (nSPS) is 17.6. The van der Waals surface area contributed by atoms with E-state index in [1.165, 1.54) is 24.6 Å². The molecule has 0 aliphatic heterocycles. The van der Waals surface area contributed by atoms with E-state index in [-0.39, 0.29) is 12.3 Å². The van der Waals surface area contributed by atoms with Gasteiger partial charge in [0.2, 0.25) is 0 Å². The van der Waals surface area contributed by atoms with E-state index in [1.54, 1.807) is 6.07 Å². The van der Waals surface area contributed by atoms with E-state index in [1.807, 2.05) is 0 Å². The van der Waals surface area contributed by atoms with Gasteiger partial charge in [-0.3, -0.25) is 14.9 Å². The Morgan fingerprint density at radius 2 is 2.00 bits per heavy atom. The molecule has 5 N–H and O–H groups in total. The second-order valence-corrected chi connectivity index (χ2v) is 7.63. The number of carbonyl (C=O) groups excluding carboxylic acids is 2. The summed E-state index contributed by atoms with van der Waals surface area (Å²) in [6.07, 6.45) is 4.45. The number of ether oxygens (including phenoxy) is 1. The lowest BCUT2D eigenvalue weighted by molar-refractivity contribution is -0.384. The molecule has 30 heavy (non-hydrogen) atoms. The van der Waals surface area contributed by atoms with Gasteiger partial charge in [0.05, 0.1) is 11.5 Å². The maximum Gasteiger partial charge on any atom is 0.331 e. The van der Waals surface area contributed by atoms with Crippen molar-refractivity contribution in [3.8, 4) is 0 Å². The molecule has 1 fully saturated rings. The maximum absolute atomic E-state index is 12.3. The fourth-order valence-corrected chi connectivity index (χ4v) is 3.58. The van der Waals surface area contributed by atoms with Crippen LogP contribution in [-0.2, 0) is 20.9 Å². The number of aliphatic hydroxyl groups excluding tert-OH is 2. The van der Waals surface area contributed by atoms with Crippen LogP contribution in [0.5, 0.6) is 0 Å². The number of nitro benzene ring substituents is 1. The smallest absolute Gasteiger partial charge is 0.331 e. The third kappa shape index (κ3) is 7.05. The van der Waals surface area contributed by atoms with E-state index in [0.717, 1.165) is 25.7 Å². The number of carbonyl (C=O) groups is 2. The third-order valence-electron chi connectivity index (χ3n) is 5.29. The standard InChI is InChI=1S/C20H29N3O7/c21-16(10-13-5-2-1-3-6-13)18(25)19(26)22-17(11-24)20(27)30-12-14-7-4-8-15(9-14)23(28)29/h4,7-9,13,16-18,24-25H,1-3,5-6,10-12,21H2,(H,22,26)/t16-,17?,18+/m1/s1. The van der Waals surface area contributed by atoms with E-state index in [2.05, 4.69) is 5.32 Å². The molecular weight excluding hydrogens is 394 g/mol. The van der Waals surface area contributed by atoms with Crippen molar-refractivity contribution < 1.29 is 29.5 Å². The lowest BCUT2D eigenvalue weighted by Crippen LogP contribution is -2.53. The van der Waals surface area contributed by atoms with Gasteiger partial charge in [0.1, 0.15) is 12.7 Å². The number of amides is 1. The van der Waals surface area contributed by atoms with Crippen LogP contribution in [0, 0.1) is 16.0 Å². The van der Waals surface area contributed by atoms with E-state index in [9.17, 15) is 29.9 Å². The van der Waals surface area contributed by atoms with E-state index < -0.39 is 41.6 Å². The van der Waals surface area contributed by atoms with Gasteiger partial charge >= 0.3 is 5.97 Å². The van der Waals surface area contributed by atoms with Crippen LogP contribution >= 0.6 is 0 Å². The Balaban J connectivity index is 1.85. The zero-order valence-electron chi connectivity index (χ0n) is 16.7. The summed E-state index contributed by atoms with van der Waals surface area (Å²) in [6.45, 7) is -0.999. The Morgan fingerprint density at radius 1 is 1.30 bits per heavy atom. The summed E-state index contributed by atoms with van der Waals surface area (Å²) in [6, 6.07) is 3.41. The highest BCUT2D eigenvalue weighted by Crippen LogP contribution is 2.27. The molecule has 0 aromatic heterocycles. The number of benzene rings is 1. The highest BCUT2D eigenvalue weighted by molar-refractivity contribution is 5.87. The van der Waals surface area contributed by atoms with Gasteiger partial charge in [0.25, 0.3) is 11.6 Å². The summed E-state index contributed by atoms with van der Waals surface area (Å²) in [4.78, 5) is 34.7. The Bertz CT molecular complexity index is 737. The maximum atomic E-state index is 12.3. The molecule has 166 valence electrons. The average molecular weight is 423 g/mol. The van der Waals surface area contributed by atoms with E-state index in [0.29, 0.717) is 17.9 Å². The predicted octanol–water partition coefficient (Wildman–Crippen LogP) is 0.774. The first-order valence-electron chi connectivity index (χ1n) is 10.1. The van der Waals surface area contributed by atoms with Crippen molar-refractivity contribution >= 4 is 17.6 Å². The molecule has 1 amide bonds. The topological polar surface area (TPSA) is 165 Å². The van der Waals surface area contributed by atoms with Crippen LogP contribution in [0.2, 0.25) is 0 Å². The molecule has 0 spiro atoms. The largest absolute Gasteiger partial charge is 0.459 e. The summed E-state index contributed by atoms with van der Waals surface area (Å²) in [5.74, 6) is -1.42. The summed E-state index contributed by atoms with van der Waals surface area (Å²) < 4.78 is 5.03. The Labute approximate surface area is 174 Å². The van der Waals surface area contributed by atoms with Crippen molar-refractivity contribution in [1.29, 1.82) is 0 Å². The van der Waals surface area contributed by atoms with Gasteiger partial charge in [-0.1, -0.05) is 44.2 Å². The highest BCUT2D eigenvalue weighted by Gasteiger charge is 2.30. The Morgan fingerprint density at radius 3 is 2.63 bits per heavy atom. The molecule has 1 aliphatic carbocycles. The number of nitro groups is 1.